The monoisotopic (exact) mass is 299 g/mol. The molecule has 0 bridgehead atoms. The predicted octanol–water partition coefficient (Wildman–Crippen LogP) is 2.89. The van der Waals surface area contributed by atoms with Gasteiger partial charge in [0.1, 0.15) is 5.75 Å². The van der Waals surface area contributed by atoms with Crippen LogP contribution in [-0.4, -0.2) is 24.1 Å². The largest absolute Gasteiger partial charge is 0.497 e. The Labute approximate surface area is 128 Å². The van der Waals surface area contributed by atoms with Crippen molar-refractivity contribution < 1.29 is 19.4 Å². The molecule has 0 aliphatic rings. The van der Waals surface area contributed by atoms with Gasteiger partial charge in [-0.25, -0.2) is 0 Å². The number of amides is 1. The molecule has 0 saturated carbocycles. The summed E-state index contributed by atoms with van der Waals surface area (Å²) in [5, 5.41) is 12.0. The first kappa shape index (κ1) is 15.6. The van der Waals surface area contributed by atoms with Gasteiger partial charge in [-0.15, -0.1) is 0 Å². The topological polar surface area (TPSA) is 75.6 Å². The number of nitrogens with one attached hydrogen (secondary N) is 1. The smallest absolute Gasteiger partial charge is 0.311 e. The number of aliphatic carboxylic acids is 1. The normalized spacial score (nSPS) is 11.5. The number of methoxy groups -OCH3 is 1. The van der Waals surface area contributed by atoms with Crippen LogP contribution in [0.4, 0.5) is 5.69 Å². The van der Waals surface area contributed by atoms with Crippen molar-refractivity contribution in [2.75, 3.05) is 12.4 Å². The molecule has 0 heterocycles. The molecule has 0 fully saturated rings. The summed E-state index contributed by atoms with van der Waals surface area (Å²) in [7, 11) is 1.54. The van der Waals surface area contributed by atoms with Crippen LogP contribution in [0.2, 0.25) is 0 Å². The first-order valence-corrected chi connectivity index (χ1v) is 6.82. The average molecular weight is 299 g/mol. The number of hydrogen-bond acceptors (Lipinski definition) is 3. The van der Waals surface area contributed by atoms with Gasteiger partial charge in [-0.3, -0.25) is 9.59 Å². The average Bonchev–Trinajstić information content (AvgIpc) is 2.53. The number of carbonyl (C=O) groups is 2. The summed E-state index contributed by atoms with van der Waals surface area (Å²) in [6.45, 7) is 0. The standard InChI is InChI=1S/C17H17NO4/c1-22-14-9-7-12(8-10-14)15(17(20)21)11-16(19)18-13-5-3-2-4-6-13/h2-10,15H,11H2,1H3,(H,18,19)(H,20,21)/t15-/m1/s1. The van der Waals surface area contributed by atoms with Crippen molar-refractivity contribution >= 4 is 17.6 Å². The minimum absolute atomic E-state index is 0.128. The summed E-state index contributed by atoms with van der Waals surface area (Å²) in [6.07, 6.45) is -0.128. The second-order valence-electron chi connectivity index (χ2n) is 4.78. The van der Waals surface area contributed by atoms with E-state index in [0.717, 1.165) is 0 Å². The van der Waals surface area contributed by atoms with E-state index in [1.807, 2.05) is 6.07 Å². The van der Waals surface area contributed by atoms with E-state index in [2.05, 4.69) is 5.32 Å². The second-order valence-corrected chi connectivity index (χ2v) is 4.78. The van der Waals surface area contributed by atoms with Gasteiger partial charge in [0.2, 0.25) is 5.91 Å². The van der Waals surface area contributed by atoms with E-state index in [-0.39, 0.29) is 12.3 Å². The molecule has 0 aromatic heterocycles. The number of anilines is 1. The van der Waals surface area contributed by atoms with Gasteiger partial charge in [0.05, 0.1) is 13.0 Å². The van der Waals surface area contributed by atoms with Crippen LogP contribution >= 0.6 is 0 Å². The van der Waals surface area contributed by atoms with E-state index in [0.29, 0.717) is 17.0 Å². The van der Waals surface area contributed by atoms with Crippen LogP contribution in [-0.2, 0) is 9.59 Å². The van der Waals surface area contributed by atoms with Crippen molar-refractivity contribution in [1.82, 2.24) is 0 Å². The number of benzene rings is 2. The number of para-hydroxylation sites is 1. The maximum Gasteiger partial charge on any atom is 0.311 e. The Kier molecular flexibility index (Phi) is 5.14. The van der Waals surface area contributed by atoms with E-state index in [4.69, 9.17) is 4.74 Å². The van der Waals surface area contributed by atoms with Crippen LogP contribution in [0.3, 0.4) is 0 Å². The zero-order valence-electron chi connectivity index (χ0n) is 12.2. The summed E-state index contributed by atoms with van der Waals surface area (Å²) in [4.78, 5) is 23.5. The van der Waals surface area contributed by atoms with E-state index in [1.165, 1.54) is 7.11 Å². The molecule has 1 amide bonds. The Morgan fingerprint density at radius 3 is 2.27 bits per heavy atom. The minimum atomic E-state index is -1.03. The highest BCUT2D eigenvalue weighted by molar-refractivity contribution is 5.94. The maximum atomic E-state index is 12.0. The third-order valence-corrected chi connectivity index (χ3v) is 3.26. The highest BCUT2D eigenvalue weighted by atomic mass is 16.5. The zero-order chi connectivity index (χ0) is 15.9. The van der Waals surface area contributed by atoms with Crippen LogP contribution in [0.1, 0.15) is 17.9 Å². The number of hydrogen-bond donors (Lipinski definition) is 2. The lowest BCUT2D eigenvalue weighted by Crippen LogP contribution is -2.20. The highest BCUT2D eigenvalue weighted by Gasteiger charge is 2.23. The van der Waals surface area contributed by atoms with Gasteiger partial charge in [0.25, 0.3) is 0 Å². The first-order chi connectivity index (χ1) is 10.6. The van der Waals surface area contributed by atoms with Gasteiger partial charge in [0.15, 0.2) is 0 Å². The molecule has 5 nitrogen and oxygen atoms in total. The van der Waals surface area contributed by atoms with Crippen molar-refractivity contribution in [2.45, 2.75) is 12.3 Å². The molecule has 2 aromatic rings. The summed E-state index contributed by atoms with van der Waals surface area (Å²) in [5.41, 5.74) is 1.21. The van der Waals surface area contributed by atoms with Gasteiger partial charge in [0, 0.05) is 12.1 Å². The van der Waals surface area contributed by atoms with Gasteiger partial charge >= 0.3 is 5.97 Å². The Morgan fingerprint density at radius 2 is 1.73 bits per heavy atom. The fourth-order valence-electron chi connectivity index (χ4n) is 2.10. The van der Waals surface area contributed by atoms with Crippen LogP contribution in [0, 0.1) is 0 Å². The molecule has 0 aliphatic carbocycles. The molecule has 0 aliphatic heterocycles. The quantitative estimate of drug-likeness (QED) is 0.860. The molecule has 2 rings (SSSR count). The van der Waals surface area contributed by atoms with E-state index < -0.39 is 11.9 Å². The van der Waals surface area contributed by atoms with Crippen molar-refractivity contribution in [3.63, 3.8) is 0 Å². The molecule has 22 heavy (non-hydrogen) atoms. The number of carboxylic acid groups (broad SMARTS) is 1. The lowest BCUT2D eigenvalue weighted by molar-refractivity contribution is -0.140. The molecule has 1 atom stereocenters. The van der Waals surface area contributed by atoms with Crippen LogP contribution < -0.4 is 10.1 Å². The fraction of sp³-hybridized carbons (Fsp3) is 0.176. The molecule has 2 aromatic carbocycles. The Balaban J connectivity index is 2.08. The third kappa shape index (κ3) is 4.09. The Bertz CT molecular complexity index is 637. The van der Waals surface area contributed by atoms with E-state index in [1.54, 1.807) is 48.5 Å². The first-order valence-electron chi connectivity index (χ1n) is 6.82. The van der Waals surface area contributed by atoms with Crippen molar-refractivity contribution in [3.05, 3.63) is 60.2 Å². The molecular weight excluding hydrogens is 282 g/mol. The number of rotatable bonds is 6. The van der Waals surface area contributed by atoms with Crippen molar-refractivity contribution in [3.8, 4) is 5.75 Å². The predicted molar refractivity (Wildman–Crippen MR) is 83.1 cm³/mol. The highest BCUT2D eigenvalue weighted by Crippen LogP contribution is 2.23. The van der Waals surface area contributed by atoms with E-state index in [9.17, 15) is 14.7 Å². The van der Waals surface area contributed by atoms with Crippen LogP contribution in [0.15, 0.2) is 54.6 Å². The zero-order valence-corrected chi connectivity index (χ0v) is 12.2. The Morgan fingerprint density at radius 1 is 1.09 bits per heavy atom. The lowest BCUT2D eigenvalue weighted by atomic mass is 9.95. The lowest BCUT2D eigenvalue weighted by Gasteiger charge is -2.13. The Hall–Kier alpha value is -2.82. The number of carboxylic acids is 1. The summed E-state index contributed by atoms with van der Waals surface area (Å²) < 4.78 is 5.04. The molecule has 5 heteroatoms. The van der Waals surface area contributed by atoms with Crippen LogP contribution in [0.5, 0.6) is 5.75 Å². The molecule has 2 N–H and O–H groups in total. The van der Waals surface area contributed by atoms with Gasteiger partial charge in [-0.2, -0.15) is 0 Å². The molecule has 0 radical (unpaired) electrons. The van der Waals surface area contributed by atoms with Gasteiger partial charge < -0.3 is 15.2 Å². The second kappa shape index (κ2) is 7.26. The SMILES string of the molecule is COc1ccc([C@@H](CC(=O)Nc2ccccc2)C(=O)O)cc1. The molecule has 114 valence electrons. The molecule has 0 unspecified atom stereocenters. The molecule has 0 saturated heterocycles. The summed E-state index contributed by atoms with van der Waals surface area (Å²) in [5.74, 6) is -1.63. The summed E-state index contributed by atoms with van der Waals surface area (Å²) >= 11 is 0. The van der Waals surface area contributed by atoms with Crippen molar-refractivity contribution in [1.29, 1.82) is 0 Å². The maximum absolute atomic E-state index is 12.0. The van der Waals surface area contributed by atoms with Gasteiger partial charge in [-0.1, -0.05) is 30.3 Å². The van der Waals surface area contributed by atoms with Gasteiger partial charge in [-0.05, 0) is 29.8 Å². The number of carbonyl (C=O) groups excluding carboxylic acids is 1. The number of ether oxygens (including phenoxy) is 1. The summed E-state index contributed by atoms with van der Waals surface area (Å²) in [6, 6.07) is 15.6. The fourth-order valence-corrected chi connectivity index (χ4v) is 2.10. The van der Waals surface area contributed by atoms with Crippen molar-refractivity contribution in [2.24, 2.45) is 0 Å². The van der Waals surface area contributed by atoms with E-state index >= 15 is 0 Å². The van der Waals surface area contributed by atoms with Crippen LogP contribution in [0.25, 0.3) is 0 Å². The molecule has 0 spiro atoms. The molecular formula is C17H17NO4. The third-order valence-electron chi connectivity index (χ3n) is 3.26. The minimum Gasteiger partial charge on any atom is -0.497 e.